The first-order chi connectivity index (χ1) is 11.2. The molecule has 1 amide bonds. The van der Waals surface area contributed by atoms with Crippen molar-refractivity contribution in [2.75, 3.05) is 13.3 Å². The van der Waals surface area contributed by atoms with E-state index >= 15 is 0 Å². The van der Waals surface area contributed by atoms with E-state index in [1.165, 1.54) is 0 Å². The molecule has 0 saturated heterocycles. The molecule has 0 saturated carbocycles. The Bertz CT molecular complexity index is 789. The van der Waals surface area contributed by atoms with Crippen LogP contribution in [0.2, 0.25) is 5.02 Å². The number of halogens is 1. The van der Waals surface area contributed by atoms with Gasteiger partial charge in [-0.05, 0) is 12.1 Å². The summed E-state index contributed by atoms with van der Waals surface area (Å²) in [6.45, 7) is 3.93. The molecule has 0 aliphatic carbocycles. The van der Waals surface area contributed by atoms with Crippen molar-refractivity contribution in [1.29, 1.82) is 0 Å². The Balaban J connectivity index is 1.60. The third-order valence-corrected chi connectivity index (χ3v) is 4.39. The lowest BCUT2D eigenvalue weighted by Crippen LogP contribution is -2.38. The molecule has 1 aromatic carbocycles. The molecule has 0 radical (unpaired) electrons. The lowest BCUT2D eigenvalue weighted by Gasteiger charge is -2.28. The highest BCUT2D eigenvalue weighted by atomic mass is 35.5. The summed E-state index contributed by atoms with van der Waals surface area (Å²) < 4.78 is 12.7. The van der Waals surface area contributed by atoms with Gasteiger partial charge in [0.1, 0.15) is 5.82 Å². The second kappa shape index (κ2) is 5.42. The molecule has 0 bridgehead atoms. The van der Waals surface area contributed by atoms with Crippen molar-refractivity contribution in [3.63, 3.8) is 0 Å². The summed E-state index contributed by atoms with van der Waals surface area (Å²) in [6.07, 6.45) is 0.832. The Morgan fingerprint density at radius 1 is 1.30 bits per heavy atom. The first kappa shape index (κ1) is 14.3. The molecule has 3 heterocycles. The van der Waals surface area contributed by atoms with Gasteiger partial charge in [-0.2, -0.15) is 0 Å². The van der Waals surface area contributed by atoms with Crippen molar-refractivity contribution >= 4 is 17.5 Å². The fraction of sp³-hybridized carbons (Fsp3) is 0.400. The molecule has 2 aliphatic rings. The van der Waals surface area contributed by atoms with Crippen molar-refractivity contribution in [1.82, 2.24) is 19.7 Å². The summed E-state index contributed by atoms with van der Waals surface area (Å²) >= 11 is 6.16. The summed E-state index contributed by atoms with van der Waals surface area (Å²) in [5.41, 5.74) is 0.489. The molecule has 2 aromatic rings. The van der Waals surface area contributed by atoms with Crippen LogP contribution >= 0.6 is 11.6 Å². The minimum atomic E-state index is -0.0995. The average molecular weight is 335 g/mol. The van der Waals surface area contributed by atoms with Crippen LogP contribution in [-0.4, -0.2) is 38.9 Å². The number of carbonyl (C=O) groups is 1. The maximum absolute atomic E-state index is 12.8. The van der Waals surface area contributed by atoms with Crippen LogP contribution in [0.25, 0.3) is 0 Å². The third-order valence-electron chi connectivity index (χ3n) is 4.11. The van der Waals surface area contributed by atoms with Gasteiger partial charge in [0.15, 0.2) is 17.3 Å². The highest BCUT2D eigenvalue weighted by Crippen LogP contribution is 2.40. The van der Waals surface area contributed by atoms with E-state index in [1.807, 2.05) is 6.92 Å². The molecular formula is C15H15ClN4O3. The molecule has 7 nitrogen and oxygen atoms in total. The number of hydrogen-bond acceptors (Lipinski definition) is 5. The summed E-state index contributed by atoms with van der Waals surface area (Å²) in [6, 6.07) is 3.29. The zero-order valence-corrected chi connectivity index (χ0v) is 13.3. The molecule has 8 heteroatoms. The predicted molar refractivity (Wildman–Crippen MR) is 81.7 cm³/mol. The van der Waals surface area contributed by atoms with Gasteiger partial charge in [-0.25, -0.2) is 0 Å². The van der Waals surface area contributed by atoms with Gasteiger partial charge < -0.3 is 18.9 Å². The van der Waals surface area contributed by atoms with Crippen molar-refractivity contribution in [2.45, 2.75) is 26.4 Å². The van der Waals surface area contributed by atoms with E-state index < -0.39 is 0 Å². The monoisotopic (exact) mass is 334 g/mol. The van der Waals surface area contributed by atoms with E-state index in [4.69, 9.17) is 21.1 Å². The number of ether oxygens (including phenoxy) is 2. The summed E-state index contributed by atoms with van der Waals surface area (Å²) in [5.74, 6) is 2.67. The number of aromatic nitrogens is 3. The molecule has 0 fully saturated rings. The van der Waals surface area contributed by atoms with Crippen molar-refractivity contribution in [2.24, 2.45) is 0 Å². The van der Waals surface area contributed by atoms with E-state index in [0.717, 1.165) is 18.1 Å². The molecule has 0 unspecified atom stereocenters. The number of hydrogen-bond donors (Lipinski definition) is 0. The number of rotatable bonds is 2. The SMILES string of the molecule is CCc1nnc2n1CCN(C(=O)c1cc(Cl)c3c(c1)OCO3)C2. The fourth-order valence-corrected chi connectivity index (χ4v) is 3.19. The van der Waals surface area contributed by atoms with Crippen molar-refractivity contribution in [3.8, 4) is 11.5 Å². The van der Waals surface area contributed by atoms with Gasteiger partial charge in [0.2, 0.25) is 6.79 Å². The van der Waals surface area contributed by atoms with E-state index in [1.54, 1.807) is 17.0 Å². The topological polar surface area (TPSA) is 69.5 Å². The third kappa shape index (κ3) is 2.31. The second-order valence-corrected chi connectivity index (χ2v) is 5.86. The predicted octanol–water partition coefficient (Wildman–Crippen LogP) is 1.88. The largest absolute Gasteiger partial charge is 0.454 e. The van der Waals surface area contributed by atoms with Crippen LogP contribution in [0.4, 0.5) is 0 Å². The molecular weight excluding hydrogens is 320 g/mol. The van der Waals surface area contributed by atoms with Crippen LogP contribution in [0.15, 0.2) is 12.1 Å². The van der Waals surface area contributed by atoms with Gasteiger partial charge in [-0.3, -0.25) is 4.79 Å². The van der Waals surface area contributed by atoms with Gasteiger partial charge in [-0.15, -0.1) is 10.2 Å². The quantitative estimate of drug-likeness (QED) is 0.838. The van der Waals surface area contributed by atoms with Gasteiger partial charge >= 0.3 is 0 Å². The first-order valence-electron chi connectivity index (χ1n) is 7.46. The standard InChI is InChI=1S/C15H15ClN4O3/c1-2-12-17-18-13-7-19(3-4-20(12)13)15(21)9-5-10(16)14-11(6-9)22-8-23-14/h5-6H,2-4,7-8H2,1H3. The lowest BCUT2D eigenvalue weighted by atomic mass is 10.1. The average Bonchev–Trinajstić information content (AvgIpc) is 3.19. The molecule has 1 aromatic heterocycles. The number of fused-ring (bicyclic) bond motifs is 2. The molecule has 120 valence electrons. The number of aryl methyl sites for hydroxylation is 1. The van der Waals surface area contributed by atoms with Crippen LogP contribution in [0.5, 0.6) is 11.5 Å². The number of nitrogens with zero attached hydrogens (tertiary/aromatic N) is 4. The molecule has 23 heavy (non-hydrogen) atoms. The summed E-state index contributed by atoms with van der Waals surface area (Å²) in [7, 11) is 0. The van der Waals surface area contributed by atoms with Crippen molar-refractivity contribution in [3.05, 3.63) is 34.4 Å². The molecule has 0 N–H and O–H groups in total. The maximum atomic E-state index is 12.8. The van der Waals surface area contributed by atoms with Crippen LogP contribution in [0.1, 0.15) is 28.9 Å². The van der Waals surface area contributed by atoms with Crippen LogP contribution in [0.3, 0.4) is 0 Å². The number of carbonyl (C=O) groups excluding carboxylic acids is 1. The molecule has 4 rings (SSSR count). The normalized spacial score (nSPS) is 15.7. The Hall–Kier alpha value is -2.28. The summed E-state index contributed by atoms with van der Waals surface area (Å²) in [4.78, 5) is 14.5. The molecule has 0 spiro atoms. The van der Waals surface area contributed by atoms with Crippen molar-refractivity contribution < 1.29 is 14.3 Å². The minimum Gasteiger partial charge on any atom is -0.454 e. The van der Waals surface area contributed by atoms with E-state index in [9.17, 15) is 4.79 Å². The zero-order valence-electron chi connectivity index (χ0n) is 12.6. The number of benzene rings is 1. The molecule has 2 aliphatic heterocycles. The minimum absolute atomic E-state index is 0.0995. The van der Waals surface area contributed by atoms with Gasteiger partial charge in [0.25, 0.3) is 5.91 Å². The molecule has 0 atom stereocenters. The fourth-order valence-electron chi connectivity index (χ4n) is 2.93. The van der Waals surface area contributed by atoms with Crippen LogP contribution in [0, 0.1) is 0 Å². The Kier molecular flexibility index (Phi) is 3.37. The van der Waals surface area contributed by atoms with E-state index in [0.29, 0.717) is 41.7 Å². The van der Waals surface area contributed by atoms with E-state index in [2.05, 4.69) is 14.8 Å². The summed E-state index contributed by atoms with van der Waals surface area (Å²) in [5, 5.41) is 8.73. The van der Waals surface area contributed by atoms with Crippen LogP contribution < -0.4 is 9.47 Å². The maximum Gasteiger partial charge on any atom is 0.254 e. The van der Waals surface area contributed by atoms with Gasteiger partial charge in [-0.1, -0.05) is 18.5 Å². The van der Waals surface area contributed by atoms with Gasteiger partial charge in [0, 0.05) is 25.1 Å². The van der Waals surface area contributed by atoms with Crippen LogP contribution in [-0.2, 0) is 19.5 Å². The highest BCUT2D eigenvalue weighted by Gasteiger charge is 2.27. The smallest absolute Gasteiger partial charge is 0.254 e. The second-order valence-electron chi connectivity index (χ2n) is 5.46. The number of amides is 1. The Labute approximate surface area is 137 Å². The Morgan fingerprint density at radius 2 is 2.17 bits per heavy atom. The Morgan fingerprint density at radius 3 is 3.00 bits per heavy atom. The zero-order chi connectivity index (χ0) is 16.0. The first-order valence-corrected chi connectivity index (χ1v) is 7.84. The van der Waals surface area contributed by atoms with E-state index in [-0.39, 0.29) is 12.7 Å². The highest BCUT2D eigenvalue weighted by molar-refractivity contribution is 6.32. The lowest BCUT2D eigenvalue weighted by molar-refractivity contribution is 0.0706. The van der Waals surface area contributed by atoms with Gasteiger partial charge in [0.05, 0.1) is 11.6 Å².